The van der Waals surface area contributed by atoms with Gasteiger partial charge in [-0.1, -0.05) is 36.4 Å². The van der Waals surface area contributed by atoms with Crippen molar-refractivity contribution in [2.75, 3.05) is 38.0 Å². The fraction of sp³-hybridized carbons (Fsp3) is 0.182. The molecule has 4 rings (SSSR count). The Hall–Kier alpha value is -2.70. The third-order valence-corrected chi connectivity index (χ3v) is 6.52. The summed E-state index contributed by atoms with van der Waals surface area (Å²) in [6.45, 7) is 0. The Morgan fingerprint density at radius 1 is 0.750 bits per heavy atom. The molecule has 0 unspecified atom stereocenters. The van der Waals surface area contributed by atoms with Gasteiger partial charge in [-0.05, 0) is 12.1 Å². The zero-order valence-corrected chi connectivity index (χ0v) is 18.0. The molecule has 0 saturated carbocycles. The summed E-state index contributed by atoms with van der Waals surface area (Å²) in [5.74, 6) is 0. The first-order chi connectivity index (χ1) is 13.5. The van der Waals surface area contributed by atoms with E-state index in [1.807, 2.05) is 6.20 Å². The molecule has 4 aromatic rings. The van der Waals surface area contributed by atoms with Gasteiger partial charge in [0.1, 0.15) is 0 Å². The lowest BCUT2D eigenvalue weighted by atomic mass is 10.1. The first-order valence-electron chi connectivity index (χ1n) is 9.00. The highest BCUT2D eigenvalue weighted by Gasteiger charge is 2.15. The number of rotatable bonds is 5. The number of hydrogen-bond donors (Lipinski definition) is 0. The van der Waals surface area contributed by atoms with Crippen molar-refractivity contribution in [3.05, 3.63) is 60.1 Å². The second-order valence-corrected chi connectivity index (χ2v) is 8.78. The van der Waals surface area contributed by atoms with Crippen LogP contribution in [0.4, 0.5) is 11.4 Å². The minimum atomic E-state index is 0.960. The smallest absolute Gasteiger partial charge is 0.152 e. The monoisotopic (exact) mass is 406 g/mol. The van der Waals surface area contributed by atoms with E-state index in [9.17, 15) is 0 Å². The van der Waals surface area contributed by atoms with Gasteiger partial charge in [-0.2, -0.15) is 0 Å². The van der Waals surface area contributed by atoms with Gasteiger partial charge < -0.3 is 9.80 Å². The summed E-state index contributed by atoms with van der Waals surface area (Å²) in [6.07, 6.45) is 1.96. The normalized spacial score (nSPS) is 10.9. The summed E-state index contributed by atoms with van der Waals surface area (Å²) in [6, 6.07) is 16.8. The van der Waals surface area contributed by atoms with Gasteiger partial charge in [-0.25, -0.2) is 9.97 Å². The van der Waals surface area contributed by atoms with Crippen molar-refractivity contribution >= 4 is 34.0 Å². The van der Waals surface area contributed by atoms with Crippen LogP contribution in [0.5, 0.6) is 0 Å². The number of aromatic nitrogens is 2. The van der Waals surface area contributed by atoms with E-state index in [0.29, 0.717) is 0 Å². The van der Waals surface area contributed by atoms with Crippen LogP contribution in [0.2, 0.25) is 0 Å². The average molecular weight is 407 g/mol. The summed E-state index contributed by atoms with van der Waals surface area (Å²) in [5.41, 5.74) is 5.70. The molecule has 0 aliphatic rings. The van der Waals surface area contributed by atoms with E-state index in [0.717, 1.165) is 26.1 Å². The Balaban J connectivity index is 1.69. The molecule has 2 aromatic carbocycles. The van der Waals surface area contributed by atoms with Gasteiger partial charge in [-0.15, -0.1) is 22.7 Å². The van der Waals surface area contributed by atoms with E-state index in [2.05, 4.69) is 96.9 Å². The van der Waals surface area contributed by atoms with Crippen LogP contribution in [0, 0.1) is 0 Å². The average Bonchev–Trinajstić information content (AvgIpc) is 3.37. The lowest BCUT2D eigenvalue weighted by Crippen LogP contribution is -2.09. The molecule has 4 nitrogen and oxygen atoms in total. The molecule has 0 aliphatic carbocycles. The number of para-hydroxylation sites is 2. The molecule has 0 atom stereocenters. The predicted octanol–water partition coefficient (Wildman–Crippen LogP) is 5.73. The minimum Gasteiger partial charge on any atom is -0.377 e. The van der Waals surface area contributed by atoms with Crippen molar-refractivity contribution in [1.29, 1.82) is 0 Å². The summed E-state index contributed by atoms with van der Waals surface area (Å²) < 4.78 is 0. The Kier molecular flexibility index (Phi) is 5.15. The Morgan fingerprint density at radius 2 is 1.36 bits per heavy atom. The van der Waals surface area contributed by atoms with Gasteiger partial charge in [0.2, 0.25) is 0 Å². The molecule has 2 aromatic heterocycles. The van der Waals surface area contributed by atoms with Crippen molar-refractivity contribution in [3.63, 3.8) is 0 Å². The largest absolute Gasteiger partial charge is 0.377 e. The van der Waals surface area contributed by atoms with Gasteiger partial charge in [-0.3, -0.25) is 0 Å². The number of benzene rings is 2. The van der Waals surface area contributed by atoms with Gasteiger partial charge in [0.25, 0.3) is 0 Å². The summed E-state index contributed by atoms with van der Waals surface area (Å²) >= 11 is 3.33. The SMILES string of the molecule is CN(C)c1ccccc1-c1csc(-c2ncc(-c3ccccc3N(C)C)s2)n1. The zero-order chi connectivity index (χ0) is 19.7. The van der Waals surface area contributed by atoms with Crippen molar-refractivity contribution in [1.82, 2.24) is 9.97 Å². The number of anilines is 2. The summed E-state index contributed by atoms with van der Waals surface area (Å²) in [5, 5.41) is 4.04. The fourth-order valence-corrected chi connectivity index (χ4v) is 4.96. The maximum atomic E-state index is 4.89. The van der Waals surface area contributed by atoms with Crippen LogP contribution in [0.3, 0.4) is 0 Å². The zero-order valence-electron chi connectivity index (χ0n) is 16.4. The van der Waals surface area contributed by atoms with Crippen LogP contribution < -0.4 is 9.80 Å². The van der Waals surface area contributed by atoms with E-state index in [4.69, 9.17) is 4.98 Å². The molecule has 0 N–H and O–H groups in total. The maximum absolute atomic E-state index is 4.89. The topological polar surface area (TPSA) is 32.3 Å². The lowest BCUT2D eigenvalue weighted by molar-refractivity contribution is 1.13. The molecular weight excluding hydrogens is 384 g/mol. The highest BCUT2D eigenvalue weighted by atomic mass is 32.1. The molecule has 0 radical (unpaired) electrons. The quantitative estimate of drug-likeness (QED) is 0.423. The highest BCUT2D eigenvalue weighted by molar-refractivity contribution is 7.22. The van der Waals surface area contributed by atoms with Crippen LogP contribution in [0.25, 0.3) is 31.7 Å². The minimum absolute atomic E-state index is 0.960. The van der Waals surface area contributed by atoms with Crippen molar-refractivity contribution in [2.45, 2.75) is 0 Å². The molecule has 0 spiro atoms. The maximum Gasteiger partial charge on any atom is 0.152 e. The molecule has 6 heteroatoms. The van der Waals surface area contributed by atoms with Gasteiger partial charge in [0.15, 0.2) is 10.0 Å². The first kappa shape index (κ1) is 18.7. The third-order valence-electron chi connectivity index (χ3n) is 4.51. The van der Waals surface area contributed by atoms with Crippen molar-refractivity contribution in [2.24, 2.45) is 0 Å². The molecule has 2 heterocycles. The fourth-order valence-electron chi connectivity index (χ4n) is 3.15. The second kappa shape index (κ2) is 7.73. The van der Waals surface area contributed by atoms with Crippen molar-refractivity contribution < 1.29 is 0 Å². The molecule has 0 fully saturated rings. The number of hydrogen-bond acceptors (Lipinski definition) is 6. The molecule has 142 valence electrons. The number of thiazole rings is 2. The molecular formula is C22H22N4S2. The van der Waals surface area contributed by atoms with Crippen LogP contribution >= 0.6 is 22.7 Å². The second-order valence-electron chi connectivity index (χ2n) is 6.89. The Bertz CT molecular complexity index is 1010. The van der Waals surface area contributed by atoms with Crippen LogP contribution in [-0.4, -0.2) is 38.2 Å². The van der Waals surface area contributed by atoms with Gasteiger partial charge >= 0.3 is 0 Å². The highest BCUT2D eigenvalue weighted by Crippen LogP contribution is 2.39. The van der Waals surface area contributed by atoms with E-state index >= 15 is 0 Å². The summed E-state index contributed by atoms with van der Waals surface area (Å²) in [7, 11) is 8.25. The van der Waals surface area contributed by atoms with E-state index < -0.39 is 0 Å². The predicted molar refractivity (Wildman–Crippen MR) is 123 cm³/mol. The molecule has 0 bridgehead atoms. The Labute approximate surface area is 173 Å². The molecule has 0 amide bonds. The standard InChI is InChI=1S/C22H22N4S2/c1-25(2)18-11-7-5-9-15(18)17-14-27-22(24-17)21-23-13-20(28-21)16-10-6-8-12-19(16)26(3)4/h5-14H,1-4H3. The first-order valence-corrected chi connectivity index (χ1v) is 10.7. The van der Waals surface area contributed by atoms with Crippen LogP contribution in [0.1, 0.15) is 0 Å². The lowest BCUT2D eigenvalue weighted by Gasteiger charge is -2.16. The number of nitrogens with zero attached hydrogens (tertiary/aromatic N) is 4. The van der Waals surface area contributed by atoms with E-state index in [1.165, 1.54) is 16.9 Å². The van der Waals surface area contributed by atoms with Crippen molar-refractivity contribution in [3.8, 4) is 31.7 Å². The Morgan fingerprint density at radius 3 is 2.04 bits per heavy atom. The molecule has 0 aliphatic heterocycles. The third kappa shape index (κ3) is 3.53. The van der Waals surface area contributed by atoms with Crippen LogP contribution in [-0.2, 0) is 0 Å². The van der Waals surface area contributed by atoms with Crippen LogP contribution in [0.15, 0.2) is 60.1 Å². The van der Waals surface area contributed by atoms with Gasteiger partial charge in [0, 0.05) is 62.3 Å². The van der Waals surface area contributed by atoms with Gasteiger partial charge in [0.05, 0.1) is 10.6 Å². The molecule has 0 saturated heterocycles. The molecule has 28 heavy (non-hydrogen) atoms. The summed E-state index contributed by atoms with van der Waals surface area (Å²) in [4.78, 5) is 15.0. The van der Waals surface area contributed by atoms with E-state index in [-0.39, 0.29) is 0 Å². The van der Waals surface area contributed by atoms with E-state index in [1.54, 1.807) is 22.7 Å².